The van der Waals surface area contributed by atoms with E-state index in [1.807, 2.05) is 13.8 Å². The van der Waals surface area contributed by atoms with Crippen molar-refractivity contribution in [2.75, 3.05) is 18.9 Å². The molecule has 1 saturated carbocycles. The molecule has 0 aromatic carbocycles. The first-order valence-electron chi connectivity index (χ1n) is 7.69. The summed E-state index contributed by atoms with van der Waals surface area (Å²) in [6.45, 7) is 8.97. The van der Waals surface area contributed by atoms with Gasteiger partial charge in [-0.05, 0) is 45.6 Å². The van der Waals surface area contributed by atoms with E-state index in [4.69, 9.17) is 4.74 Å². The summed E-state index contributed by atoms with van der Waals surface area (Å²) in [7, 11) is 0. The predicted molar refractivity (Wildman–Crippen MR) is 84.0 cm³/mol. The van der Waals surface area contributed by atoms with Crippen molar-refractivity contribution in [1.29, 1.82) is 0 Å². The van der Waals surface area contributed by atoms with Crippen LogP contribution in [0.5, 0.6) is 0 Å². The van der Waals surface area contributed by atoms with Gasteiger partial charge in [0.05, 0.1) is 12.7 Å². The minimum atomic E-state index is -0.570. The summed E-state index contributed by atoms with van der Waals surface area (Å²) >= 11 is 1.65. The van der Waals surface area contributed by atoms with Crippen LogP contribution in [-0.2, 0) is 9.53 Å². The van der Waals surface area contributed by atoms with Gasteiger partial charge in [0, 0.05) is 11.0 Å². The number of rotatable bonds is 10. The lowest BCUT2D eigenvalue weighted by Crippen LogP contribution is -2.57. The molecule has 0 aromatic heterocycles. The van der Waals surface area contributed by atoms with E-state index in [2.05, 4.69) is 12.2 Å². The summed E-state index contributed by atoms with van der Waals surface area (Å²) in [6.07, 6.45) is 2.79. The van der Waals surface area contributed by atoms with Crippen molar-refractivity contribution in [1.82, 2.24) is 5.32 Å². The van der Waals surface area contributed by atoms with Gasteiger partial charge in [0.25, 0.3) is 0 Å². The number of thioether (sulfide) groups is 1. The number of carbonyl (C=O) groups excluding carboxylic acids is 1. The molecule has 4 nitrogen and oxygen atoms in total. The van der Waals surface area contributed by atoms with Crippen molar-refractivity contribution >= 4 is 17.7 Å². The molecule has 0 spiro atoms. The summed E-state index contributed by atoms with van der Waals surface area (Å²) < 4.78 is 5.32. The van der Waals surface area contributed by atoms with Gasteiger partial charge < -0.3 is 15.2 Å². The maximum Gasteiger partial charge on any atom is 0.327 e. The summed E-state index contributed by atoms with van der Waals surface area (Å²) in [5.74, 6) is 0.922. The second-order valence-corrected chi connectivity index (χ2v) is 7.02. The Kier molecular flexibility index (Phi) is 7.34. The second kappa shape index (κ2) is 8.25. The quantitative estimate of drug-likeness (QED) is 0.606. The van der Waals surface area contributed by atoms with Crippen molar-refractivity contribution in [3.05, 3.63) is 0 Å². The van der Waals surface area contributed by atoms with E-state index in [-0.39, 0.29) is 17.3 Å². The number of aliphatic hydroxyl groups is 1. The van der Waals surface area contributed by atoms with Gasteiger partial charge in [0.15, 0.2) is 0 Å². The number of nitrogens with one attached hydrogen (secondary N) is 1. The van der Waals surface area contributed by atoms with Gasteiger partial charge in [-0.25, -0.2) is 0 Å². The standard InChI is InChI=1S/C15H29NO3S/c1-5-9-16-15(13-7-8-13,14(18)19-6-2)10-20-12(4)11(3)17/h11-13,16-17H,5-10H2,1-4H3. The van der Waals surface area contributed by atoms with Gasteiger partial charge in [-0.3, -0.25) is 4.79 Å². The lowest BCUT2D eigenvalue weighted by Gasteiger charge is -2.33. The largest absolute Gasteiger partial charge is 0.465 e. The van der Waals surface area contributed by atoms with Crippen molar-refractivity contribution < 1.29 is 14.6 Å². The van der Waals surface area contributed by atoms with E-state index in [0.29, 0.717) is 18.3 Å². The number of ether oxygens (including phenoxy) is 1. The Balaban J connectivity index is 2.77. The number of hydrogen-bond acceptors (Lipinski definition) is 5. The highest BCUT2D eigenvalue weighted by Gasteiger charge is 2.51. The van der Waals surface area contributed by atoms with Crippen LogP contribution >= 0.6 is 11.8 Å². The lowest BCUT2D eigenvalue weighted by atomic mass is 9.95. The molecule has 0 heterocycles. The van der Waals surface area contributed by atoms with E-state index in [9.17, 15) is 9.90 Å². The number of esters is 1. The molecular formula is C15H29NO3S. The van der Waals surface area contributed by atoms with Gasteiger partial charge in [-0.15, -0.1) is 0 Å². The Hall–Kier alpha value is -0.260. The fraction of sp³-hybridized carbons (Fsp3) is 0.933. The van der Waals surface area contributed by atoms with Gasteiger partial charge in [-0.2, -0.15) is 11.8 Å². The topological polar surface area (TPSA) is 58.6 Å². The zero-order valence-electron chi connectivity index (χ0n) is 13.1. The van der Waals surface area contributed by atoms with Gasteiger partial charge in [-0.1, -0.05) is 13.8 Å². The number of aliphatic hydroxyl groups excluding tert-OH is 1. The van der Waals surface area contributed by atoms with Crippen LogP contribution in [0.15, 0.2) is 0 Å². The van der Waals surface area contributed by atoms with E-state index in [0.717, 1.165) is 25.8 Å². The van der Waals surface area contributed by atoms with Crippen LogP contribution < -0.4 is 5.32 Å². The van der Waals surface area contributed by atoms with E-state index in [1.165, 1.54) is 0 Å². The number of hydrogen-bond donors (Lipinski definition) is 2. The van der Waals surface area contributed by atoms with Crippen molar-refractivity contribution in [2.45, 2.75) is 63.9 Å². The van der Waals surface area contributed by atoms with E-state index >= 15 is 0 Å². The molecule has 0 aromatic rings. The molecule has 0 amide bonds. The first kappa shape index (κ1) is 17.8. The molecule has 1 aliphatic rings. The Morgan fingerprint density at radius 1 is 1.45 bits per heavy atom. The summed E-state index contributed by atoms with van der Waals surface area (Å²) in [5, 5.41) is 13.2. The third-order valence-corrected chi connectivity index (χ3v) is 5.40. The average molecular weight is 303 g/mol. The minimum absolute atomic E-state index is 0.117. The smallest absolute Gasteiger partial charge is 0.327 e. The molecule has 1 aliphatic carbocycles. The van der Waals surface area contributed by atoms with Crippen LogP contribution in [0.4, 0.5) is 0 Å². The van der Waals surface area contributed by atoms with E-state index in [1.54, 1.807) is 18.7 Å². The third-order valence-electron chi connectivity index (χ3n) is 3.86. The molecular weight excluding hydrogens is 274 g/mol. The van der Waals surface area contributed by atoms with Gasteiger partial charge >= 0.3 is 5.97 Å². The van der Waals surface area contributed by atoms with Crippen molar-refractivity contribution in [3.63, 3.8) is 0 Å². The molecule has 0 saturated heterocycles. The molecule has 1 rings (SSSR count). The minimum Gasteiger partial charge on any atom is -0.465 e. The fourth-order valence-electron chi connectivity index (χ4n) is 2.20. The highest BCUT2D eigenvalue weighted by Crippen LogP contribution is 2.43. The highest BCUT2D eigenvalue weighted by molar-refractivity contribution is 8.00. The van der Waals surface area contributed by atoms with Crippen LogP contribution in [0.25, 0.3) is 0 Å². The zero-order valence-corrected chi connectivity index (χ0v) is 14.0. The Morgan fingerprint density at radius 2 is 2.10 bits per heavy atom. The monoisotopic (exact) mass is 303 g/mol. The zero-order chi connectivity index (χ0) is 15.2. The molecule has 0 radical (unpaired) electrons. The van der Waals surface area contributed by atoms with Crippen molar-refractivity contribution in [3.8, 4) is 0 Å². The average Bonchev–Trinajstić information content (AvgIpc) is 3.23. The molecule has 0 bridgehead atoms. The predicted octanol–water partition coefficient (Wildman–Crippen LogP) is 2.20. The Morgan fingerprint density at radius 3 is 2.55 bits per heavy atom. The Bertz CT molecular complexity index is 307. The normalized spacial score (nSPS) is 21.1. The van der Waals surface area contributed by atoms with Crippen LogP contribution in [0, 0.1) is 5.92 Å². The summed E-state index contributed by atoms with van der Waals surface area (Å²) in [4.78, 5) is 12.5. The second-order valence-electron chi connectivity index (χ2n) is 5.65. The molecule has 20 heavy (non-hydrogen) atoms. The highest BCUT2D eigenvalue weighted by atomic mass is 32.2. The third kappa shape index (κ3) is 4.64. The summed E-state index contributed by atoms with van der Waals surface area (Å²) in [6, 6.07) is 0. The molecule has 3 unspecified atom stereocenters. The van der Waals surface area contributed by atoms with Crippen LogP contribution in [-0.4, -0.2) is 46.9 Å². The number of carbonyl (C=O) groups is 1. The first-order valence-corrected chi connectivity index (χ1v) is 8.74. The Labute approximate surface area is 127 Å². The van der Waals surface area contributed by atoms with Gasteiger partial charge in [0.1, 0.15) is 5.54 Å². The van der Waals surface area contributed by atoms with Gasteiger partial charge in [0.2, 0.25) is 0 Å². The van der Waals surface area contributed by atoms with Crippen LogP contribution in [0.3, 0.4) is 0 Å². The molecule has 0 aliphatic heterocycles. The SMILES string of the molecule is CCCNC(CSC(C)C(C)O)(C(=O)OCC)C1CC1. The molecule has 2 N–H and O–H groups in total. The molecule has 118 valence electrons. The first-order chi connectivity index (χ1) is 9.47. The lowest BCUT2D eigenvalue weighted by molar-refractivity contribution is -0.151. The molecule has 3 atom stereocenters. The molecule has 1 fully saturated rings. The summed E-state index contributed by atoms with van der Waals surface area (Å²) in [5.41, 5.74) is -0.570. The van der Waals surface area contributed by atoms with Crippen molar-refractivity contribution in [2.24, 2.45) is 5.92 Å². The van der Waals surface area contributed by atoms with E-state index < -0.39 is 5.54 Å². The molecule has 5 heteroatoms. The fourth-order valence-corrected chi connectivity index (χ4v) is 3.46. The van der Waals surface area contributed by atoms with Crippen LogP contribution in [0.1, 0.15) is 47.0 Å². The maximum atomic E-state index is 12.5. The van der Waals surface area contributed by atoms with Crippen LogP contribution in [0.2, 0.25) is 0 Å². The maximum absolute atomic E-state index is 12.5.